The van der Waals surface area contributed by atoms with Crippen LogP contribution in [0.1, 0.15) is 30.1 Å². The maximum Gasteiger partial charge on any atom is 0.293 e. The van der Waals surface area contributed by atoms with Crippen molar-refractivity contribution in [2.75, 3.05) is 29.9 Å². The third kappa shape index (κ3) is 4.16. The number of nitrogens with zero attached hydrogens (tertiary/aromatic N) is 2. The van der Waals surface area contributed by atoms with E-state index in [9.17, 15) is 19.3 Å². The molecule has 1 N–H and O–H groups in total. The fraction of sp³-hybridized carbons (Fsp3) is 0.316. The van der Waals surface area contributed by atoms with Gasteiger partial charge in [0.05, 0.1) is 17.2 Å². The lowest BCUT2D eigenvalue weighted by molar-refractivity contribution is -0.384. The Labute approximate surface area is 155 Å². The fourth-order valence-electron chi connectivity index (χ4n) is 3.11. The van der Waals surface area contributed by atoms with Crippen molar-refractivity contribution in [2.24, 2.45) is 0 Å². The van der Waals surface area contributed by atoms with Gasteiger partial charge in [-0.25, -0.2) is 4.39 Å². The van der Waals surface area contributed by atoms with Gasteiger partial charge in [0, 0.05) is 30.8 Å². The summed E-state index contributed by atoms with van der Waals surface area (Å²) in [5.74, 6) is -0.810. The largest absolute Gasteiger partial charge is 0.492 e. The van der Waals surface area contributed by atoms with Gasteiger partial charge in [0.1, 0.15) is 17.3 Å². The highest BCUT2D eigenvalue weighted by molar-refractivity contribution is 6.05. The number of carbonyl (C=O) groups is 1. The third-order valence-corrected chi connectivity index (χ3v) is 4.37. The molecular formula is C19H20FN3O4. The molecular weight excluding hydrogens is 353 g/mol. The highest BCUT2D eigenvalue weighted by atomic mass is 19.1. The number of anilines is 2. The van der Waals surface area contributed by atoms with E-state index in [1.165, 1.54) is 24.3 Å². The maximum absolute atomic E-state index is 13.4. The summed E-state index contributed by atoms with van der Waals surface area (Å²) in [6.07, 6.45) is 1.98. The van der Waals surface area contributed by atoms with E-state index in [0.717, 1.165) is 25.9 Å². The molecule has 3 rings (SSSR count). The molecule has 0 radical (unpaired) electrons. The number of amides is 1. The van der Waals surface area contributed by atoms with Crippen LogP contribution < -0.4 is 15.0 Å². The number of nitrogens with one attached hydrogen (secondary N) is 1. The van der Waals surface area contributed by atoms with Gasteiger partial charge in [-0.15, -0.1) is 0 Å². The Kier molecular flexibility index (Phi) is 5.54. The van der Waals surface area contributed by atoms with E-state index in [1.807, 2.05) is 4.90 Å². The molecule has 1 saturated heterocycles. The molecule has 0 aromatic heterocycles. The molecule has 1 heterocycles. The van der Waals surface area contributed by atoms with Crippen LogP contribution in [0.2, 0.25) is 0 Å². The van der Waals surface area contributed by atoms with Crippen molar-refractivity contribution in [3.05, 3.63) is 57.9 Å². The van der Waals surface area contributed by atoms with E-state index in [0.29, 0.717) is 18.0 Å². The fourth-order valence-corrected chi connectivity index (χ4v) is 3.11. The van der Waals surface area contributed by atoms with Gasteiger partial charge >= 0.3 is 0 Å². The van der Waals surface area contributed by atoms with E-state index in [1.54, 1.807) is 19.1 Å². The Hall–Kier alpha value is -3.16. The van der Waals surface area contributed by atoms with E-state index in [-0.39, 0.29) is 17.0 Å². The zero-order valence-electron chi connectivity index (χ0n) is 14.9. The van der Waals surface area contributed by atoms with Crippen LogP contribution in [0.3, 0.4) is 0 Å². The lowest BCUT2D eigenvalue weighted by atomic mass is 10.1. The minimum Gasteiger partial charge on any atom is -0.492 e. The predicted octanol–water partition coefficient (Wildman–Crippen LogP) is 3.99. The summed E-state index contributed by atoms with van der Waals surface area (Å²) < 4.78 is 18.7. The Morgan fingerprint density at radius 3 is 2.67 bits per heavy atom. The topological polar surface area (TPSA) is 84.7 Å². The van der Waals surface area contributed by atoms with Crippen LogP contribution in [0, 0.1) is 15.9 Å². The monoisotopic (exact) mass is 373 g/mol. The Balaban J connectivity index is 1.87. The molecule has 0 atom stereocenters. The van der Waals surface area contributed by atoms with Gasteiger partial charge in [-0.05, 0) is 44.0 Å². The van der Waals surface area contributed by atoms with Crippen molar-refractivity contribution in [2.45, 2.75) is 19.8 Å². The summed E-state index contributed by atoms with van der Waals surface area (Å²) in [5.41, 5.74) is 0.866. The Morgan fingerprint density at radius 2 is 2.00 bits per heavy atom. The van der Waals surface area contributed by atoms with Gasteiger partial charge in [-0.2, -0.15) is 0 Å². The van der Waals surface area contributed by atoms with Crippen molar-refractivity contribution < 1.29 is 18.8 Å². The van der Waals surface area contributed by atoms with Gasteiger partial charge in [0.2, 0.25) is 0 Å². The number of nitro groups is 1. The molecule has 8 heteroatoms. The van der Waals surface area contributed by atoms with Crippen LogP contribution in [-0.4, -0.2) is 30.5 Å². The molecule has 1 aliphatic rings. The van der Waals surface area contributed by atoms with Crippen LogP contribution in [0.25, 0.3) is 0 Å². The minimum absolute atomic E-state index is 0.103. The van der Waals surface area contributed by atoms with Crippen molar-refractivity contribution in [3.63, 3.8) is 0 Å². The van der Waals surface area contributed by atoms with Crippen molar-refractivity contribution in [1.82, 2.24) is 0 Å². The number of carbonyl (C=O) groups excluding carboxylic acids is 1. The van der Waals surface area contributed by atoms with Crippen LogP contribution in [0.4, 0.5) is 21.5 Å². The van der Waals surface area contributed by atoms with E-state index in [4.69, 9.17) is 4.74 Å². The van der Waals surface area contributed by atoms with Crippen LogP contribution in [-0.2, 0) is 0 Å². The first-order valence-electron chi connectivity index (χ1n) is 8.76. The van der Waals surface area contributed by atoms with E-state index in [2.05, 4.69) is 5.32 Å². The van der Waals surface area contributed by atoms with Gasteiger partial charge in [-0.3, -0.25) is 14.9 Å². The Morgan fingerprint density at radius 1 is 1.26 bits per heavy atom. The van der Waals surface area contributed by atoms with Crippen molar-refractivity contribution >= 4 is 23.0 Å². The molecule has 0 aliphatic carbocycles. The zero-order chi connectivity index (χ0) is 19.4. The standard InChI is InChI=1S/C19H20FN3O4/c1-2-27-18-12-14(20)6-7-15(18)21-19(24)13-5-8-16(17(11-13)23(25)26)22-9-3-4-10-22/h5-8,11-12H,2-4,9-10H2,1H3,(H,21,24). The third-order valence-electron chi connectivity index (χ3n) is 4.37. The summed E-state index contributed by atoms with van der Waals surface area (Å²) >= 11 is 0. The summed E-state index contributed by atoms with van der Waals surface area (Å²) in [7, 11) is 0. The molecule has 1 amide bonds. The van der Waals surface area contributed by atoms with Crippen LogP contribution in [0.15, 0.2) is 36.4 Å². The van der Waals surface area contributed by atoms with Gasteiger partial charge in [0.15, 0.2) is 0 Å². The number of hydrogen-bond donors (Lipinski definition) is 1. The average Bonchev–Trinajstić information content (AvgIpc) is 3.18. The van der Waals surface area contributed by atoms with Crippen molar-refractivity contribution in [3.8, 4) is 5.75 Å². The smallest absolute Gasteiger partial charge is 0.293 e. The lowest BCUT2D eigenvalue weighted by Gasteiger charge is -2.18. The van der Waals surface area contributed by atoms with E-state index >= 15 is 0 Å². The molecule has 142 valence electrons. The molecule has 0 spiro atoms. The minimum atomic E-state index is -0.529. The highest BCUT2D eigenvalue weighted by Gasteiger charge is 2.24. The number of nitro benzene ring substituents is 1. The summed E-state index contributed by atoms with van der Waals surface area (Å²) in [6, 6.07) is 8.21. The average molecular weight is 373 g/mol. The second-order valence-electron chi connectivity index (χ2n) is 6.18. The molecule has 2 aromatic rings. The van der Waals surface area contributed by atoms with Gasteiger partial charge in [0.25, 0.3) is 11.6 Å². The predicted molar refractivity (Wildman–Crippen MR) is 100 cm³/mol. The van der Waals surface area contributed by atoms with Crippen LogP contribution in [0.5, 0.6) is 5.75 Å². The summed E-state index contributed by atoms with van der Waals surface area (Å²) in [5, 5.41) is 14.1. The number of hydrogen-bond acceptors (Lipinski definition) is 5. The molecule has 1 aliphatic heterocycles. The normalized spacial score (nSPS) is 13.5. The second-order valence-corrected chi connectivity index (χ2v) is 6.18. The van der Waals surface area contributed by atoms with Gasteiger partial charge < -0.3 is 15.0 Å². The van der Waals surface area contributed by atoms with Crippen molar-refractivity contribution in [1.29, 1.82) is 0 Å². The highest BCUT2D eigenvalue weighted by Crippen LogP contribution is 2.32. The quantitative estimate of drug-likeness (QED) is 0.611. The first-order valence-corrected chi connectivity index (χ1v) is 8.76. The maximum atomic E-state index is 13.4. The molecule has 1 fully saturated rings. The SMILES string of the molecule is CCOc1cc(F)ccc1NC(=O)c1ccc(N2CCCC2)c([N+](=O)[O-])c1. The molecule has 0 unspecified atom stereocenters. The first-order chi connectivity index (χ1) is 13.0. The van der Waals surface area contributed by atoms with Gasteiger partial charge in [-0.1, -0.05) is 0 Å². The molecule has 0 saturated carbocycles. The summed E-state index contributed by atoms with van der Waals surface area (Å²) in [4.78, 5) is 25.5. The summed E-state index contributed by atoms with van der Waals surface area (Å²) in [6.45, 7) is 3.58. The van der Waals surface area contributed by atoms with E-state index < -0.39 is 16.6 Å². The molecule has 0 bridgehead atoms. The van der Waals surface area contributed by atoms with Crippen LogP contribution >= 0.6 is 0 Å². The number of benzene rings is 2. The molecule has 2 aromatic carbocycles. The lowest BCUT2D eigenvalue weighted by Crippen LogP contribution is -2.20. The molecule has 27 heavy (non-hydrogen) atoms. The Bertz CT molecular complexity index is 866. The second kappa shape index (κ2) is 8.03. The zero-order valence-corrected chi connectivity index (χ0v) is 14.9. The number of ether oxygens (including phenoxy) is 1. The molecule has 7 nitrogen and oxygen atoms in total. The first kappa shape index (κ1) is 18.6. The number of halogens is 1. The number of rotatable bonds is 6.